The van der Waals surface area contributed by atoms with Gasteiger partial charge < -0.3 is 9.84 Å². The van der Waals surface area contributed by atoms with E-state index >= 15 is 0 Å². The first kappa shape index (κ1) is 12.4. The van der Waals surface area contributed by atoms with E-state index in [1.54, 1.807) is 18.2 Å². The van der Waals surface area contributed by atoms with Gasteiger partial charge in [0.25, 0.3) is 0 Å². The fourth-order valence-electron chi connectivity index (χ4n) is 2.12. The highest BCUT2D eigenvalue weighted by molar-refractivity contribution is 9.10. The zero-order valence-electron chi connectivity index (χ0n) is 9.49. The lowest BCUT2D eigenvalue weighted by Crippen LogP contribution is -2.19. The highest BCUT2D eigenvalue weighted by Gasteiger charge is 2.16. The molecule has 17 heavy (non-hydrogen) atoms. The minimum absolute atomic E-state index is 0.265. The molecule has 0 bridgehead atoms. The molecule has 0 unspecified atom stereocenters. The SMILES string of the molecule is O=C(O)c1ccc(OC2CCCCC2)cc1Br. The molecule has 92 valence electrons. The van der Waals surface area contributed by atoms with Crippen LogP contribution in [0.5, 0.6) is 5.75 Å². The Hall–Kier alpha value is -1.03. The number of rotatable bonds is 3. The quantitative estimate of drug-likeness (QED) is 0.922. The minimum Gasteiger partial charge on any atom is -0.490 e. The van der Waals surface area contributed by atoms with Crippen molar-refractivity contribution >= 4 is 21.9 Å². The third kappa shape index (κ3) is 3.22. The van der Waals surface area contributed by atoms with Crippen molar-refractivity contribution < 1.29 is 14.6 Å². The standard InChI is InChI=1S/C13H15BrO3/c14-12-8-10(6-7-11(12)13(15)16)17-9-4-2-1-3-5-9/h6-9H,1-5H2,(H,15,16). The average Bonchev–Trinajstić information content (AvgIpc) is 2.30. The van der Waals surface area contributed by atoms with Gasteiger partial charge in [0.15, 0.2) is 0 Å². The van der Waals surface area contributed by atoms with E-state index in [2.05, 4.69) is 15.9 Å². The zero-order valence-corrected chi connectivity index (χ0v) is 11.1. The molecule has 1 fully saturated rings. The lowest BCUT2D eigenvalue weighted by molar-refractivity contribution is 0.0696. The van der Waals surface area contributed by atoms with Crippen molar-refractivity contribution in [3.05, 3.63) is 28.2 Å². The molecule has 1 aliphatic carbocycles. The van der Waals surface area contributed by atoms with E-state index < -0.39 is 5.97 Å². The summed E-state index contributed by atoms with van der Waals surface area (Å²) in [5.41, 5.74) is 0.265. The fourth-order valence-corrected chi connectivity index (χ4v) is 2.65. The number of carboxylic acid groups (broad SMARTS) is 1. The van der Waals surface area contributed by atoms with Gasteiger partial charge >= 0.3 is 5.97 Å². The summed E-state index contributed by atoms with van der Waals surface area (Å²) in [6, 6.07) is 5.03. The summed E-state index contributed by atoms with van der Waals surface area (Å²) in [6.07, 6.45) is 6.21. The van der Waals surface area contributed by atoms with Crippen LogP contribution >= 0.6 is 15.9 Å². The highest BCUT2D eigenvalue weighted by atomic mass is 79.9. The van der Waals surface area contributed by atoms with Gasteiger partial charge in [0.1, 0.15) is 5.75 Å². The van der Waals surface area contributed by atoms with E-state index in [4.69, 9.17) is 9.84 Å². The van der Waals surface area contributed by atoms with Gasteiger partial charge in [-0.05, 0) is 59.8 Å². The van der Waals surface area contributed by atoms with Crippen LogP contribution in [0.2, 0.25) is 0 Å². The van der Waals surface area contributed by atoms with E-state index in [0.717, 1.165) is 18.6 Å². The summed E-state index contributed by atoms with van der Waals surface area (Å²) in [5.74, 6) is -0.185. The Morgan fingerprint density at radius 3 is 2.59 bits per heavy atom. The minimum atomic E-state index is -0.930. The van der Waals surface area contributed by atoms with E-state index in [9.17, 15) is 4.79 Å². The fraction of sp³-hybridized carbons (Fsp3) is 0.462. The molecular weight excluding hydrogens is 284 g/mol. The maximum Gasteiger partial charge on any atom is 0.336 e. The maximum atomic E-state index is 10.9. The molecule has 1 aromatic carbocycles. The molecule has 0 saturated heterocycles. The molecule has 1 N–H and O–H groups in total. The van der Waals surface area contributed by atoms with Crippen LogP contribution in [0.3, 0.4) is 0 Å². The first-order chi connectivity index (χ1) is 8.16. The molecule has 0 heterocycles. The van der Waals surface area contributed by atoms with Gasteiger partial charge in [-0.1, -0.05) is 6.42 Å². The number of carbonyl (C=O) groups is 1. The lowest BCUT2D eigenvalue weighted by atomic mass is 9.98. The van der Waals surface area contributed by atoms with Gasteiger partial charge in [0, 0.05) is 4.47 Å². The summed E-state index contributed by atoms with van der Waals surface area (Å²) in [4.78, 5) is 10.9. The van der Waals surface area contributed by atoms with Crippen molar-refractivity contribution in [2.75, 3.05) is 0 Å². The van der Waals surface area contributed by atoms with Crippen molar-refractivity contribution in [1.82, 2.24) is 0 Å². The molecule has 0 spiro atoms. The lowest BCUT2D eigenvalue weighted by Gasteiger charge is -2.23. The first-order valence-corrected chi connectivity index (χ1v) is 6.65. The maximum absolute atomic E-state index is 10.9. The van der Waals surface area contributed by atoms with Crippen LogP contribution in [-0.4, -0.2) is 17.2 Å². The normalized spacial score (nSPS) is 16.8. The number of aromatic carboxylic acids is 1. The van der Waals surface area contributed by atoms with Crippen LogP contribution in [0.1, 0.15) is 42.5 Å². The smallest absolute Gasteiger partial charge is 0.336 e. The van der Waals surface area contributed by atoms with E-state index in [-0.39, 0.29) is 11.7 Å². The number of benzene rings is 1. The molecule has 4 heteroatoms. The highest BCUT2D eigenvalue weighted by Crippen LogP contribution is 2.27. The van der Waals surface area contributed by atoms with E-state index in [1.165, 1.54) is 19.3 Å². The number of hydrogen-bond donors (Lipinski definition) is 1. The molecule has 2 rings (SSSR count). The van der Waals surface area contributed by atoms with Gasteiger partial charge in [-0.2, -0.15) is 0 Å². The van der Waals surface area contributed by atoms with Crippen LogP contribution in [0, 0.1) is 0 Å². The Morgan fingerprint density at radius 1 is 1.29 bits per heavy atom. The predicted octanol–water partition coefficient (Wildman–Crippen LogP) is 3.86. The molecule has 0 amide bonds. The van der Waals surface area contributed by atoms with Crippen molar-refractivity contribution in [3.8, 4) is 5.75 Å². The summed E-state index contributed by atoms with van der Waals surface area (Å²) >= 11 is 3.25. The van der Waals surface area contributed by atoms with Gasteiger partial charge in [0.05, 0.1) is 11.7 Å². The number of hydrogen-bond acceptors (Lipinski definition) is 2. The summed E-state index contributed by atoms with van der Waals surface area (Å²) < 4.78 is 6.42. The third-order valence-electron chi connectivity index (χ3n) is 3.03. The zero-order chi connectivity index (χ0) is 12.3. The van der Waals surface area contributed by atoms with Gasteiger partial charge in [-0.3, -0.25) is 0 Å². The van der Waals surface area contributed by atoms with Gasteiger partial charge in [-0.15, -0.1) is 0 Å². The van der Waals surface area contributed by atoms with E-state index in [1.807, 2.05) is 0 Å². The second kappa shape index (κ2) is 5.54. The number of ether oxygens (including phenoxy) is 1. The Bertz CT molecular complexity index is 411. The topological polar surface area (TPSA) is 46.5 Å². The van der Waals surface area contributed by atoms with Crippen molar-refractivity contribution in [2.45, 2.75) is 38.2 Å². The molecule has 1 saturated carbocycles. The molecule has 3 nitrogen and oxygen atoms in total. The van der Waals surface area contributed by atoms with Crippen molar-refractivity contribution in [1.29, 1.82) is 0 Å². The average molecular weight is 299 g/mol. The van der Waals surface area contributed by atoms with E-state index in [0.29, 0.717) is 4.47 Å². The Balaban J connectivity index is 2.06. The number of carboxylic acids is 1. The third-order valence-corrected chi connectivity index (χ3v) is 3.68. The Labute approximate surface area is 109 Å². The van der Waals surface area contributed by atoms with Crippen LogP contribution < -0.4 is 4.74 Å². The molecule has 1 aromatic rings. The molecule has 0 aromatic heterocycles. The van der Waals surface area contributed by atoms with Crippen molar-refractivity contribution in [2.24, 2.45) is 0 Å². The van der Waals surface area contributed by atoms with Crippen LogP contribution in [0.15, 0.2) is 22.7 Å². The molecule has 1 aliphatic rings. The number of halogens is 1. The Kier molecular flexibility index (Phi) is 4.05. The van der Waals surface area contributed by atoms with Crippen LogP contribution in [0.4, 0.5) is 0 Å². The predicted molar refractivity (Wildman–Crippen MR) is 68.6 cm³/mol. The molecule has 0 radical (unpaired) electrons. The summed E-state index contributed by atoms with van der Waals surface area (Å²) in [6.45, 7) is 0. The van der Waals surface area contributed by atoms with Crippen LogP contribution in [0.25, 0.3) is 0 Å². The molecule has 0 aliphatic heterocycles. The largest absolute Gasteiger partial charge is 0.490 e. The first-order valence-electron chi connectivity index (χ1n) is 5.86. The van der Waals surface area contributed by atoms with Crippen LogP contribution in [-0.2, 0) is 0 Å². The molecular formula is C13H15BrO3. The molecule has 0 atom stereocenters. The summed E-state index contributed by atoms with van der Waals surface area (Å²) in [7, 11) is 0. The Morgan fingerprint density at radius 2 is 2.00 bits per heavy atom. The second-order valence-corrected chi connectivity index (χ2v) is 5.18. The van der Waals surface area contributed by atoms with Gasteiger partial charge in [0.2, 0.25) is 0 Å². The van der Waals surface area contributed by atoms with Crippen molar-refractivity contribution in [3.63, 3.8) is 0 Å². The second-order valence-electron chi connectivity index (χ2n) is 4.32. The van der Waals surface area contributed by atoms with Gasteiger partial charge in [-0.25, -0.2) is 4.79 Å². The monoisotopic (exact) mass is 298 g/mol. The summed E-state index contributed by atoms with van der Waals surface area (Å²) in [5, 5.41) is 8.91.